The van der Waals surface area contributed by atoms with E-state index < -0.39 is 0 Å². The van der Waals surface area contributed by atoms with E-state index in [0.717, 1.165) is 32.5 Å². The van der Waals surface area contributed by atoms with Crippen LogP contribution in [-0.4, -0.2) is 33.7 Å². The minimum absolute atomic E-state index is 0.0284. The number of benzene rings is 1. The standard InChI is InChI=1S/C19H23N5O/c1-23-11-9-21-18(19(23)25)24-10-3-6-16(13-24)22-12-15-5-2-4-14-7-8-20-17(14)15/h2,4-5,7-9,11,16,20,22H,3,6,10,12-13H2,1H3/t16-/m0/s1. The summed E-state index contributed by atoms with van der Waals surface area (Å²) in [7, 11) is 1.77. The molecule has 1 aromatic carbocycles. The minimum Gasteiger partial charge on any atom is -0.361 e. The van der Waals surface area contributed by atoms with Crippen molar-refractivity contribution in [3.05, 3.63) is 58.8 Å². The summed E-state index contributed by atoms with van der Waals surface area (Å²) in [5.41, 5.74) is 2.44. The van der Waals surface area contributed by atoms with E-state index in [-0.39, 0.29) is 5.56 Å². The van der Waals surface area contributed by atoms with Crippen molar-refractivity contribution < 1.29 is 0 Å². The van der Waals surface area contributed by atoms with Crippen LogP contribution in [0.4, 0.5) is 5.82 Å². The molecule has 6 heteroatoms. The van der Waals surface area contributed by atoms with Crippen molar-refractivity contribution in [2.45, 2.75) is 25.4 Å². The second-order valence-corrected chi connectivity index (χ2v) is 6.69. The molecule has 0 saturated carbocycles. The van der Waals surface area contributed by atoms with Gasteiger partial charge in [0.05, 0.1) is 0 Å². The van der Waals surface area contributed by atoms with Gasteiger partial charge in [-0.25, -0.2) is 4.98 Å². The van der Waals surface area contributed by atoms with Crippen LogP contribution in [0.25, 0.3) is 10.9 Å². The molecule has 1 fully saturated rings. The molecule has 1 aliphatic heterocycles. The Morgan fingerprint density at radius 3 is 3.20 bits per heavy atom. The topological polar surface area (TPSA) is 66.0 Å². The van der Waals surface area contributed by atoms with Crippen LogP contribution < -0.4 is 15.8 Å². The number of hydrogen-bond donors (Lipinski definition) is 2. The van der Waals surface area contributed by atoms with Crippen LogP contribution in [0.2, 0.25) is 0 Å². The van der Waals surface area contributed by atoms with Crippen molar-refractivity contribution in [3.8, 4) is 0 Å². The number of H-pyrrole nitrogens is 1. The van der Waals surface area contributed by atoms with Gasteiger partial charge in [-0.3, -0.25) is 4.79 Å². The molecule has 6 nitrogen and oxygen atoms in total. The second-order valence-electron chi connectivity index (χ2n) is 6.69. The Labute approximate surface area is 146 Å². The van der Waals surface area contributed by atoms with Gasteiger partial charge in [0.15, 0.2) is 5.82 Å². The average Bonchev–Trinajstić information content (AvgIpc) is 3.12. The van der Waals surface area contributed by atoms with Crippen molar-refractivity contribution in [2.24, 2.45) is 7.05 Å². The molecule has 1 atom stereocenters. The third-order valence-electron chi connectivity index (χ3n) is 4.97. The van der Waals surface area contributed by atoms with Gasteiger partial charge in [-0.2, -0.15) is 0 Å². The highest BCUT2D eigenvalue weighted by molar-refractivity contribution is 5.82. The molecule has 25 heavy (non-hydrogen) atoms. The molecular formula is C19H23N5O. The molecule has 130 valence electrons. The monoisotopic (exact) mass is 337 g/mol. The molecule has 0 spiro atoms. The van der Waals surface area contributed by atoms with Gasteiger partial charge >= 0.3 is 0 Å². The quantitative estimate of drug-likeness (QED) is 0.764. The maximum absolute atomic E-state index is 12.3. The summed E-state index contributed by atoms with van der Waals surface area (Å²) in [6, 6.07) is 8.82. The fourth-order valence-electron chi connectivity index (χ4n) is 3.59. The summed E-state index contributed by atoms with van der Waals surface area (Å²) in [5, 5.41) is 4.89. The first kappa shape index (κ1) is 15.9. The highest BCUT2D eigenvalue weighted by atomic mass is 16.1. The zero-order valence-electron chi connectivity index (χ0n) is 14.4. The summed E-state index contributed by atoms with van der Waals surface area (Å²) in [4.78, 5) is 22.0. The third kappa shape index (κ3) is 3.17. The molecule has 2 N–H and O–H groups in total. The van der Waals surface area contributed by atoms with E-state index in [2.05, 4.69) is 44.5 Å². The lowest BCUT2D eigenvalue weighted by Crippen LogP contribution is -2.47. The fraction of sp³-hybridized carbons (Fsp3) is 0.368. The van der Waals surface area contributed by atoms with Crippen LogP contribution in [0.1, 0.15) is 18.4 Å². The number of aromatic amines is 1. The Morgan fingerprint density at radius 1 is 1.36 bits per heavy atom. The Hall–Kier alpha value is -2.60. The molecule has 0 unspecified atom stereocenters. The van der Waals surface area contributed by atoms with Gasteiger partial charge in [0.2, 0.25) is 0 Å². The smallest absolute Gasteiger partial charge is 0.293 e. The first-order valence-electron chi connectivity index (χ1n) is 8.77. The lowest BCUT2D eigenvalue weighted by molar-refractivity contribution is 0.419. The SMILES string of the molecule is Cn1ccnc(N2CCC[C@H](NCc3cccc4cc[nH]c34)C2)c1=O. The number of rotatable bonds is 4. The van der Waals surface area contributed by atoms with Gasteiger partial charge in [-0.1, -0.05) is 18.2 Å². The summed E-state index contributed by atoms with van der Waals surface area (Å²) >= 11 is 0. The summed E-state index contributed by atoms with van der Waals surface area (Å²) in [6.07, 6.45) is 7.55. The van der Waals surface area contributed by atoms with Gasteiger partial charge in [0.1, 0.15) is 0 Å². The highest BCUT2D eigenvalue weighted by Gasteiger charge is 2.22. The highest BCUT2D eigenvalue weighted by Crippen LogP contribution is 2.18. The fourth-order valence-corrected chi connectivity index (χ4v) is 3.59. The van der Waals surface area contributed by atoms with Gasteiger partial charge < -0.3 is 19.8 Å². The molecule has 4 rings (SSSR count). The van der Waals surface area contributed by atoms with Crippen molar-refractivity contribution in [1.82, 2.24) is 19.9 Å². The Balaban J connectivity index is 1.46. The summed E-state index contributed by atoms with van der Waals surface area (Å²) in [5.74, 6) is 0.558. The van der Waals surface area contributed by atoms with Crippen molar-refractivity contribution in [1.29, 1.82) is 0 Å². The molecule has 3 aromatic rings. The van der Waals surface area contributed by atoms with Crippen molar-refractivity contribution >= 4 is 16.7 Å². The van der Waals surface area contributed by atoms with E-state index >= 15 is 0 Å². The number of anilines is 1. The van der Waals surface area contributed by atoms with Gasteiger partial charge in [0.25, 0.3) is 5.56 Å². The van der Waals surface area contributed by atoms with E-state index in [1.54, 1.807) is 24.0 Å². The molecule has 0 radical (unpaired) electrons. The van der Waals surface area contributed by atoms with E-state index in [1.807, 2.05) is 6.20 Å². The molecule has 2 aromatic heterocycles. The van der Waals surface area contributed by atoms with E-state index in [9.17, 15) is 4.79 Å². The largest absolute Gasteiger partial charge is 0.361 e. The van der Waals surface area contributed by atoms with Crippen LogP contribution in [0.15, 0.2) is 47.7 Å². The molecule has 3 heterocycles. The normalized spacial score (nSPS) is 18.0. The lowest BCUT2D eigenvalue weighted by Gasteiger charge is -2.33. The van der Waals surface area contributed by atoms with Gasteiger partial charge in [-0.15, -0.1) is 0 Å². The predicted molar refractivity (Wildman–Crippen MR) is 99.9 cm³/mol. The third-order valence-corrected chi connectivity index (χ3v) is 4.97. The Morgan fingerprint density at radius 2 is 2.28 bits per heavy atom. The van der Waals surface area contributed by atoms with E-state index in [4.69, 9.17) is 0 Å². The molecular weight excluding hydrogens is 314 g/mol. The molecule has 1 saturated heterocycles. The average molecular weight is 337 g/mol. The maximum atomic E-state index is 12.3. The Bertz CT molecular complexity index is 929. The first-order chi connectivity index (χ1) is 12.2. The van der Waals surface area contributed by atoms with E-state index in [0.29, 0.717) is 11.9 Å². The van der Waals surface area contributed by atoms with Crippen LogP contribution in [0.3, 0.4) is 0 Å². The van der Waals surface area contributed by atoms with Gasteiger partial charge in [0, 0.05) is 56.8 Å². The van der Waals surface area contributed by atoms with Crippen molar-refractivity contribution in [3.63, 3.8) is 0 Å². The molecule has 0 aliphatic carbocycles. The minimum atomic E-state index is -0.0284. The summed E-state index contributed by atoms with van der Waals surface area (Å²) < 4.78 is 1.59. The number of para-hydroxylation sites is 1. The predicted octanol–water partition coefficient (Wildman–Crippen LogP) is 2.02. The zero-order valence-corrected chi connectivity index (χ0v) is 14.4. The summed E-state index contributed by atoms with van der Waals surface area (Å²) in [6.45, 7) is 2.51. The number of fused-ring (bicyclic) bond motifs is 1. The number of aryl methyl sites for hydroxylation is 1. The number of nitrogens with zero attached hydrogens (tertiary/aromatic N) is 3. The zero-order chi connectivity index (χ0) is 17.2. The van der Waals surface area contributed by atoms with Crippen LogP contribution in [0, 0.1) is 0 Å². The first-order valence-corrected chi connectivity index (χ1v) is 8.77. The maximum Gasteiger partial charge on any atom is 0.293 e. The lowest BCUT2D eigenvalue weighted by atomic mass is 10.0. The second kappa shape index (κ2) is 6.72. The molecule has 0 amide bonds. The van der Waals surface area contributed by atoms with E-state index in [1.165, 1.54) is 16.5 Å². The number of hydrogen-bond acceptors (Lipinski definition) is 4. The number of aromatic nitrogens is 3. The van der Waals surface area contributed by atoms with Crippen molar-refractivity contribution in [2.75, 3.05) is 18.0 Å². The number of nitrogens with one attached hydrogen (secondary N) is 2. The Kier molecular flexibility index (Phi) is 4.28. The number of piperidine rings is 1. The van der Waals surface area contributed by atoms with Crippen LogP contribution in [-0.2, 0) is 13.6 Å². The molecule has 0 bridgehead atoms. The van der Waals surface area contributed by atoms with Crippen LogP contribution in [0.5, 0.6) is 0 Å². The molecule has 1 aliphatic rings. The van der Waals surface area contributed by atoms with Gasteiger partial charge in [-0.05, 0) is 29.9 Å². The van der Waals surface area contributed by atoms with Crippen LogP contribution >= 0.6 is 0 Å².